The zero-order chi connectivity index (χ0) is 21.1. The zero-order valence-corrected chi connectivity index (χ0v) is 15.8. The zero-order valence-electron chi connectivity index (χ0n) is 15.8. The van der Waals surface area contributed by atoms with Crippen LogP contribution < -0.4 is 5.73 Å². The van der Waals surface area contributed by atoms with Crippen molar-refractivity contribution in [2.24, 2.45) is 5.73 Å². The van der Waals surface area contributed by atoms with Crippen LogP contribution in [0.2, 0.25) is 0 Å². The van der Waals surface area contributed by atoms with E-state index in [-0.39, 0.29) is 39.3 Å². The van der Waals surface area contributed by atoms with Crippen LogP contribution in [0.15, 0.2) is 0 Å². The second-order valence-corrected chi connectivity index (χ2v) is 6.63. The van der Waals surface area contributed by atoms with E-state index in [2.05, 4.69) is 0 Å². The number of nitrogens with two attached hydrogens (primary N) is 1. The van der Waals surface area contributed by atoms with E-state index in [1.54, 1.807) is 14.7 Å². The Labute approximate surface area is 163 Å². The van der Waals surface area contributed by atoms with Crippen LogP contribution in [0, 0.1) is 0 Å². The number of hydrogen-bond acceptors (Lipinski definition) is 9. The lowest BCUT2D eigenvalue weighted by molar-refractivity contribution is -0.144. The molecule has 12 nitrogen and oxygen atoms in total. The average Bonchev–Trinajstić information content (AvgIpc) is 2.60. The third-order valence-corrected chi connectivity index (χ3v) is 4.57. The molecule has 0 radical (unpaired) electrons. The number of hydrogen-bond donors (Lipinski definition) is 4. The van der Waals surface area contributed by atoms with Crippen molar-refractivity contribution in [3.05, 3.63) is 0 Å². The molecule has 0 spiro atoms. The molecule has 160 valence electrons. The molecule has 1 unspecified atom stereocenters. The minimum absolute atomic E-state index is 0.141. The number of rotatable bonds is 8. The maximum atomic E-state index is 11.3. The lowest BCUT2D eigenvalue weighted by atomic mass is 10.3. The van der Waals surface area contributed by atoms with Gasteiger partial charge in [0.15, 0.2) is 6.17 Å². The molecule has 12 heteroatoms. The molecule has 0 saturated carbocycles. The van der Waals surface area contributed by atoms with Crippen LogP contribution in [0.25, 0.3) is 0 Å². The largest absolute Gasteiger partial charge is 0.480 e. The Morgan fingerprint density at radius 3 is 1.57 bits per heavy atom. The molecule has 0 aromatic heterocycles. The molecular weight excluding hydrogens is 374 g/mol. The van der Waals surface area contributed by atoms with Gasteiger partial charge in [-0.15, -0.1) is 0 Å². The summed E-state index contributed by atoms with van der Waals surface area (Å²) in [7, 11) is 0. The smallest absolute Gasteiger partial charge is 0.335 e. The Kier molecular flexibility index (Phi) is 10.6. The molecular formula is C16H29N5O7. The molecule has 0 aliphatic carbocycles. The fraction of sp³-hybridized carbons (Fsp3) is 0.750. The molecule has 1 atom stereocenters. The Hall–Kier alpha value is -2.12. The van der Waals surface area contributed by atoms with Crippen LogP contribution in [-0.2, 0) is 19.2 Å². The number of aldehydes is 1. The predicted molar refractivity (Wildman–Crippen MR) is 97.8 cm³/mol. The van der Waals surface area contributed by atoms with Crippen molar-refractivity contribution in [2.45, 2.75) is 6.17 Å². The summed E-state index contributed by atoms with van der Waals surface area (Å²) in [5.41, 5.74) is 5.74. The van der Waals surface area contributed by atoms with E-state index in [0.29, 0.717) is 32.7 Å². The first-order chi connectivity index (χ1) is 13.2. The van der Waals surface area contributed by atoms with Gasteiger partial charge in [0.25, 0.3) is 0 Å². The molecule has 5 N–H and O–H groups in total. The molecule has 0 bridgehead atoms. The number of aliphatic carboxylic acids is 3. The van der Waals surface area contributed by atoms with Gasteiger partial charge in [0, 0.05) is 52.4 Å². The van der Waals surface area contributed by atoms with Crippen LogP contribution >= 0.6 is 0 Å². The molecule has 0 amide bonds. The Bertz CT molecular complexity index is 547. The molecule has 1 fully saturated rings. The van der Waals surface area contributed by atoms with E-state index in [1.807, 2.05) is 0 Å². The highest BCUT2D eigenvalue weighted by atomic mass is 16.4. The molecule has 28 heavy (non-hydrogen) atoms. The number of carbonyl (C=O) groups is 4. The summed E-state index contributed by atoms with van der Waals surface area (Å²) < 4.78 is 0. The van der Waals surface area contributed by atoms with Crippen molar-refractivity contribution in [3.63, 3.8) is 0 Å². The fourth-order valence-electron chi connectivity index (χ4n) is 2.97. The maximum Gasteiger partial charge on any atom is 0.335 e. The van der Waals surface area contributed by atoms with Crippen molar-refractivity contribution >= 4 is 24.2 Å². The molecule has 1 saturated heterocycles. The standard InChI is InChI=1S/C16H29N5O7/c17-15(16(27)28)21-7-5-18(9-10-22)1-2-19(11-13(23)24)3-4-20(6-8-21)12-14(25)26/h10,15H,1-9,11-12,17H2,(H,23,24)(H,25,26)(H,27,28). The molecule has 0 aromatic carbocycles. The van der Waals surface area contributed by atoms with Gasteiger partial charge in [-0.1, -0.05) is 0 Å². The van der Waals surface area contributed by atoms with E-state index in [0.717, 1.165) is 6.29 Å². The van der Waals surface area contributed by atoms with Crippen LogP contribution in [-0.4, -0.2) is 137 Å². The van der Waals surface area contributed by atoms with Gasteiger partial charge in [-0.3, -0.25) is 29.2 Å². The van der Waals surface area contributed by atoms with Crippen LogP contribution in [0.4, 0.5) is 0 Å². The second kappa shape index (κ2) is 12.4. The van der Waals surface area contributed by atoms with Gasteiger partial charge in [0.1, 0.15) is 6.29 Å². The second-order valence-electron chi connectivity index (χ2n) is 6.63. The quantitative estimate of drug-likeness (QED) is 0.303. The lowest BCUT2D eigenvalue weighted by Gasteiger charge is -2.34. The third-order valence-electron chi connectivity index (χ3n) is 4.57. The highest BCUT2D eigenvalue weighted by Crippen LogP contribution is 2.02. The van der Waals surface area contributed by atoms with E-state index in [4.69, 9.17) is 15.9 Å². The molecule has 1 aliphatic rings. The van der Waals surface area contributed by atoms with E-state index < -0.39 is 24.1 Å². The van der Waals surface area contributed by atoms with Crippen molar-refractivity contribution in [2.75, 3.05) is 72.0 Å². The average molecular weight is 403 g/mol. The summed E-state index contributed by atoms with van der Waals surface area (Å²) in [6.45, 7) is 2.30. The summed E-state index contributed by atoms with van der Waals surface area (Å²) in [5.74, 6) is -3.20. The number of nitrogens with zero attached hydrogens (tertiary/aromatic N) is 4. The Morgan fingerprint density at radius 1 is 0.786 bits per heavy atom. The van der Waals surface area contributed by atoms with Crippen LogP contribution in [0.1, 0.15) is 0 Å². The molecule has 1 heterocycles. The van der Waals surface area contributed by atoms with Gasteiger partial charge in [0.05, 0.1) is 19.6 Å². The lowest BCUT2D eigenvalue weighted by Crippen LogP contribution is -2.54. The minimum atomic E-state index is -1.24. The van der Waals surface area contributed by atoms with Gasteiger partial charge in [-0.25, -0.2) is 4.79 Å². The highest BCUT2D eigenvalue weighted by Gasteiger charge is 2.24. The molecule has 1 rings (SSSR count). The number of carbonyl (C=O) groups excluding carboxylic acids is 1. The highest BCUT2D eigenvalue weighted by molar-refractivity contribution is 5.72. The van der Waals surface area contributed by atoms with Gasteiger partial charge in [-0.2, -0.15) is 0 Å². The van der Waals surface area contributed by atoms with Crippen molar-refractivity contribution in [3.8, 4) is 0 Å². The first-order valence-electron chi connectivity index (χ1n) is 8.99. The minimum Gasteiger partial charge on any atom is -0.480 e. The van der Waals surface area contributed by atoms with Crippen molar-refractivity contribution in [1.82, 2.24) is 19.6 Å². The first kappa shape index (κ1) is 23.9. The predicted octanol–water partition coefficient (Wildman–Crippen LogP) is -3.05. The fourth-order valence-corrected chi connectivity index (χ4v) is 2.97. The summed E-state index contributed by atoms with van der Waals surface area (Å²) in [6, 6.07) is 0. The number of carboxylic acid groups (broad SMARTS) is 3. The van der Waals surface area contributed by atoms with E-state index >= 15 is 0 Å². The van der Waals surface area contributed by atoms with Gasteiger partial charge >= 0.3 is 17.9 Å². The van der Waals surface area contributed by atoms with Gasteiger partial charge in [0.2, 0.25) is 0 Å². The Balaban J connectivity index is 2.94. The molecule has 1 aliphatic heterocycles. The summed E-state index contributed by atoms with van der Waals surface area (Å²) >= 11 is 0. The van der Waals surface area contributed by atoms with Gasteiger partial charge in [-0.05, 0) is 0 Å². The van der Waals surface area contributed by atoms with E-state index in [9.17, 15) is 24.3 Å². The van der Waals surface area contributed by atoms with E-state index in [1.165, 1.54) is 4.90 Å². The maximum absolute atomic E-state index is 11.3. The van der Waals surface area contributed by atoms with Crippen LogP contribution in [0.5, 0.6) is 0 Å². The topological polar surface area (TPSA) is 168 Å². The molecule has 0 aromatic rings. The van der Waals surface area contributed by atoms with Gasteiger partial charge < -0.3 is 25.8 Å². The summed E-state index contributed by atoms with van der Waals surface area (Å²) in [6.07, 6.45) is -0.500. The Morgan fingerprint density at radius 2 is 1.18 bits per heavy atom. The SMILES string of the molecule is NC(C(=O)O)N1CCN(CC=O)CCN(CC(=O)O)CCN(CC(=O)O)CC1. The first-order valence-corrected chi connectivity index (χ1v) is 8.99. The third kappa shape index (κ3) is 9.19. The normalized spacial score (nSPS) is 20.6. The van der Waals surface area contributed by atoms with Crippen molar-refractivity contribution in [1.29, 1.82) is 0 Å². The number of carboxylic acids is 3. The summed E-state index contributed by atoms with van der Waals surface area (Å²) in [4.78, 5) is 51.1. The van der Waals surface area contributed by atoms with Crippen molar-refractivity contribution < 1.29 is 34.5 Å². The monoisotopic (exact) mass is 403 g/mol. The summed E-state index contributed by atoms with van der Waals surface area (Å²) in [5, 5.41) is 27.4. The van der Waals surface area contributed by atoms with Crippen LogP contribution in [0.3, 0.4) is 0 Å².